The zero-order valence-corrected chi connectivity index (χ0v) is 11.1. The Balaban J connectivity index is 2.16. The molecule has 0 spiro atoms. The van der Waals surface area contributed by atoms with E-state index in [0.29, 0.717) is 11.5 Å². The average Bonchev–Trinajstić information content (AvgIpc) is 2.38. The number of rotatable bonds is 4. The predicted octanol–water partition coefficient (Wildman–Crippen LogP) is 2.45. The summed E-state index contributed by atoms with van der Waals surface area (Å²) in [4.78, 5) is 18.7. The van der Waals surface area contributed by atoms with Gasteiger partial charge in [0, 0.05) is 17.5 Å². The van der Waals surface area contributed by atoms with Crippen LogP contribution in [0.4, 0.5) is 11.6 Å². The Kier molecular flexibility index (Phi) is 3.99. The number of para-hydroxylation sites is 1. The summed E-state index contributed by atoms with van der Waals surface area (Å²) in [6.45, 7) is 3.71. The number of hydrogen-bond donors (Lipinski definition) is 1. The van der Waals surface area contributed by atoms with Crippen LogP contribution in [0.3, 0.4) is 0 Å². The minimum absolute atomic E-state index is 0.000564. The fourth-order valence-electron chi connectivity index (χ4n) is 1.70. The molecule has 0 aliphatic rings. The smallest absolute Gasteiger partial charge is 0.258 e. The number of benzene rings is 1. The normalized spacial score (nSPS) is 10.7. The van der Waals surface area contributed by atoms with Crippen LogP contribution in [0.25, 0.3) is 0 Å². The Morgan fingerprint density at radius 3 is 2.55 bits per heavy atom. The monoisotopic (exact) mass is 271 g/mol. The fraction of sp³-hybridized carbons (Fsp3) is 0.154. The SMILES string of the molecule is Cc1cc(C)nc(N/N=C/c2ccccc2[N+](=O)[O-])n1. The third kappa shape index (κ3) is 3.35. The van der Waals surface area contributed by atoms with Gasteiger partial charge in [-0.15, -0.1) is 0 Å². The number of hydrogen-bond acceptors (Lipinski definition) is 6. The molecule has 1 aromatic heterocycles. The summed E-state index contributed by atoms with van der Waals surface area (Å²) < 4.78 is 0. The van der Waals surface area contributed by atoms with Crippen molar-refractivity contribution in [1.29, 1.82) is 0 Å². The summed E-state index contributed by atoms with van der Waals surface area (Å²) in [6.07, 6.45) is 1.37. The van der Waals surface area contributed by atoms with Crippen LogP contribution in [0.2, 0.25) is 0 Å². The molecule has 0 fully saturated rings. The predicted molar refractivity (Wildman–Crippen MR) is 75.8 cm³/mol. The fourth-order valence-corrected chi connectivity index (χ4v) is 1.70. The molecule has 0 unspecified atom stereocenters. The van der Waals surface area contributed by atoms with Crippen LogP contribution in [-0.4, -0.2) is 21.1 Å². The van der Waals surface area contributed by atoms with E-state index in [4.69, 9.17) is 0 Å². The minimum atomic E-state index is -0.450. The molecule has 7 nitrogen and oxygen atoms in total. The standard InChI is InChI=1S/C13H13N5O2/c1-9-7-10(2)16-13(15-9)17-14-8-11-5-3-4-6-12(11)18(19)20/h3-8H,1-2H3,(H,15,16,17)/b14-8+. The second-order valence-electron chi connectivity index (χ2n) is 4.16. The molecule has 0 saturated carbocycles. The minimum Gasteiger partial charge on any atom is -0.258 e. The van der Waals surface area contributed by atoms with E-state index in [0.717, 1.165) is 11.4 Å². The third-order valence-electron chi connectivity index (χ3n) is 2.48. The largest absolute Gasteiger partial charge is 0.278 e. The zero-order valence-electron chi connectivity index (χ0n) is 11.1. The van der Waals surface area contributed by atoms with Gasteiger partial charge < -0.3 is 0 Å². The number of nitro benzene ring substituents is 1. The van der Waals surface area contributed by atoms with Gasteiger partial charge in [-0.25, -0.2) is 15.4 Å². The lowest BCUT2D eigenvalue weighted by Crippen LogP contribution is -2.00. The number of hydrazone groups is 1. The van der Waals surface area contributed by atoms with Crippen molar-refractivity contribution < 1.29 is 4.92 Å². The summed E-state index contributed by atoms with van der Waals surface area (Å²) in [6, 6.07) is 8.20. The van der Waals surface area contributed by atoms with Crippen molar-refractivity contribution in [2.45, 2.75) is 13.8 Å². The van der Waals surface area contributed by atoms with Crippen molar-refractivity contribution in [2.24, 2.45) is 5.10 Å². The number of aryl methyl sites for hydroxylation is 2. The first-order valence-corrected chi connectivity index (χ1v) is 5.91. The molecule has 7 heteroatoms. The van der Waals surface area contributed by atoms with Crippen molar-refractivity contribution in [1.82, 2.24) is 9.97 Å². The second-order valence-corrected chi connectivity index (χ2v) is 4.16. The first-order valence-electron chi connectivity index (χ1n) is 5.91. The molecule has 0 aliphatic heterocycles. The maximum atomic E-state index is 10.8. The molecule has 1 N–H and O–H groups in total. The highest BCUT2D eigenvalue weighted by molar-refractivity contribution is 5.85. The molecule has 2 rings (SSSR count). The van der Waals surface area contributed by atoms with E-state index in [1.807, 2.05) is 19.9 Å². The van der Waals surface area contributed by atoms with Crippen LogP contribution in [0, 0.1) is 24.0 Å². The molecule has 0 atom stereocenters. The first-order chi connectivity index (χ1) is 9.56. The van der Waals surface area contributed by atoms with Crippen LogP contribution >= 0.6 is 0 Å². The number of nitrogens with one attached hydrogen (secondary N) is 1. The van der Waals surface area contributed by atoms with Crippen LogP contribution in [0.15, 0.2) is 35.4 Å². The zero-order chi connectivity index (χ0) is 14.5. The number of nitro groups is 1. The van der Waals surface area contributed by atoms with E-state index >= 15 is 0 Å². The van der Waals surface area contributed by atoms with Crippen molar-refractivity contribution in [3.63, 3.8) is 0 Å². The molecule has 20 heavy (non-hydrogen) atoms. The van der Waals surface area contributed by atoms with E-state index in [9.17, 15) is 10.1 Å². The summed E-state index contributed by atoms with van der Waals surface area (Å²) in [5.74, 6) is 0.359. The van der Waals surface area contributed by atoms with E-state index < -0.39 is 4.92 Å². The summed E-state index contributed by atoms with van der Waals surface area (Å²) in [5, 5.41) is 14.8. The Morgan fingerprint density at radius 2 is 1.90 bits per heavy atom. The molecule has 2 aromatic rings. The molecule has 102 valence electrons. The van der Waals surface area contributed by atoms with Crippen molar-refractivity contribution >= 4 is 17.9 Å². The van der Waals surface area contributed by atoms with Gasteiger partial charge in [-0.2, -0.15) is 5.10 Å². The highest BCUT2D eigenvalue weighted by Gasteiger charge is 2.09. The van der Waals surface area contributed by atoms with Crippen LogP contribution in [0.1, 0.15) is 17.0 Å². The second kappa shape index (κ2) is 5.87. The molecule has 0 aliphatic carbocycles. The van der Waals surface area contributed by atoms with E-state index in [2.05, 4.69) is 20.5 Å². The summed E-state index contributed by atoms with van der Waals surface area (Å²) >= 11 is 0. The van der Waals surface area contributed by atoms with Gasteiger partial charge in [0.1, 0.15) is 0 Å². The lowest BCUT2D eigenvalue weighted by molar-refractivity contribution is -0.385. The van der Waals surface area contributed by atoms with Gasteiger partial charge in [0.2, 0.25) is 5.95 Å². The molecule has 1 heterocycles. The Hall–Kier alpha value is -2.83. The van der Waals surface area contributed by atoms with Crippen molar-refractivity contribution in [3.05, 3.63) is 57.4 Å². The summed E-state index contributed by atoms with van der Waals surface area (Å²) in [7, 11) is 0. The number of anilines is 1. The lowest BCUT2D eigenvalue weighted by atomic mass is 10.2. The van der Waals surface area contributed by atoms with Gasteiger partial charge in [0.25, 0.3) is 5.69 Å². The van der Waals surface area contributed by atoms with Crippen LogP contribution in [0.5, 0.6) is 0 Å². The molecular formula is C13H13N5O2. The van der Waals surface area contributed by atoms with Crippen LogP contribution < -0.4 is 5.43 Å². The lowest BCUT2D eigenvalue weighted by Gasteiger charge is -2.01. The maximum absolute atomic E-state index is 10.8. The molecule has 0 saturated heterocycles. The number of aromatic nitrogens is 2. The van der Waals surface area contributed by atoms with E-state index in [-0.39, 0.29) is 5.69 Å². The first kappa shape index (κ1) is 13.6. The molecular weight excluding hydrogens is 258 g/mol. The van der Waals surface area contributed by atoms with Gasteiger partial charge in [0.15, 0.2) is 0 Å². The molecule has 1 aromatic carbocycles. The molecule has 0 radical (unpaired) electrons. The third-order valence-corrected chi connectivity index (χ3v) is 2.48. The van der Waals surface area contributed by atoms with Gasteiger partial charge in [-0.05, 0) is 26.0 Å². The molecule has 0 amide bonds. The van der Waals surface area contributed by atoms with Gasteiger partial charge in [0.05, 0.1) is 16.7 Å². The summed E-state index contributed by atoms with van der Waals surface area (Å²) in [5.41, 5.74) is 4.72. The Bertz CT molecular complexity index is 649. The highest BCUT2D eigenvalue weighted by Crippen LogP contribution is 2.15. The topological polar surface area (TPSA) is 93.3 Å². The van der Waals surface area contributed by atoms with Crippen LogP contribution in [-0.2, 0) is 0 Å². The van der Waals surface area contributed by atoms with E-state index in [1.54, 1.807) is 18.2 Å². The van der Waals surface area contributed by atoms with Gasteiger partial charge in [-0.1, -0.05) is 12.1 Å². The maximum Gasteiger partial charge on any atom is 0.278 e. The average molecular weight is 271 g/mol. The van der Waals surface area contributed by atoms with E-state index in [1.165, 1.54) is 12.3 Å². The Labute approximate surface area is 115 Å². The Morgan fingerprint density at radius 1 is 1.25 bits per heavy atom. The highest BCUT2D eigenvalue weighted by atomic mass is 16.6. The van der Waals surface area contributed by atoms with Crippen molar-refractivity contribution in [2.75, 3.05) is 5.43 Å². The van der Waals surface area contributed by atoms with Gasteiger partial charge >= 0.3 is 0 Å². The molecule has 0 bridgehead atoms. The van der Waals surface area contributed by atoms with Gasteiger partial charge in [-0.3, -0.25) is 10.1 Å². The van der Waals surface area contributed by atoms with Crippen molar-refractivity contribution in [3.8, 4) is 0 Å². The quantitative estimate of drug-likeness (QED) is 0.523. The number of nitrogens with zero attached hydrogens (tertiary/aromatic N) is 4.